The first-order valence-corrected chi connectivity index (χ1v) is 10.6. The molecule has 2 aromatic carbocycles. The number of rotatable bonds is 5. The quantitative estimate of drug-likeness (QED) is 0.267. The molecule has 178 valence electrons. The van der Waals surface area contributed by atoms with Gasteiger partial charge in [0.15, 0.2) is 11.6 Å². The van der Waals surface area contributed by atoms with Gasteiger partial charge in [-0.2, -0.15) is 13.2 Å². The molecule has 10 heteroatoms. The van der Waals surface area contributed by atoms with E-state index in [0.29, 0.717) is 17.8 Å². The zero-order valence-electron chi connectivity index (χ0n) is 18.1. The van der Waals surface area contributed by atoms with Crippen LogP contribution in [0.3, 0.4) is 0 Å². The summed E-state index contributed by atoms with van der Waals surface area (Å²) in [6.07, 6.45) is -3.12. The number of aromatic amines is 1. The Morgan fingerprint density at radius 3 is 2.49 bits per heavy atom. The van der Waals surface area contributed by atoms with Gasteiger partial charge in [0.25, 0.3) is 5.56 Å². The van der Waals surface area contributed by atoms with Crippen LogP contribution < -0.4 is 11.3 Å². The number of furan rings is 1. The van der Waals surface area contributed by atoms with Gasteiger partial charge in [-0.1, -0.05) is 36.4 Å². The van der Waals surface area contributed by atoms with Crippen LogP contribution in [0.5, 0.6) is 0 Å². The molecule has 0 saturated heterocycles. The summed E-state index contributed by atoms with van der Waals surface area (Å²) in [5.74, 6) is -1.56. The monoisotopic (exact) mass is 482 g/mol. The summed E-state index contributed by atoms with van der Waals surface area (Å²) in [5.41, 5.74) is 7.03. The van der Waals surface area contributed by atoms with Gasteiger partial charge in [-0.15, -0.1) is 0 Å². The highest BCUT2D eigenvalue weighted by Crippen LogP contribution is 2.31. The predicted octanol–water partition coefficient (Wildman–Crippen LogP) is 5.18. The first-order chi connectivity index (χ1) is 16.7. The maximum Gasteiger partial charge on any atom is 0.449 e. The second kappa shape index (κ2) is 8.46. The van der Waals surface area contributed by atoms with E-state index >= 15 is 0 Å². The van der Waals surface area contributed by atoms with Crippen molar-refractivity contribution in [3.8, 4) is 17.1 Å². The van der Waals surface area contributed by atoms with E-state index in [4.69, 9.17) is 10.2 Å². The Bertz CT molecular complexity index is 1530. The van der Waals surface area contributed by atoms with Gasteiger partial charge in [-0.25, -0.2) is 9.37 Å². The number of halogens is 4. The molecule has 6 nitrogen and oxygen atoms in total. The third-order valence-electron chi connectivity index (χ3n) is 5.57. The van der Waals surface area contributed by atoms with Gasteiger partial charge >= 0.3 is 6.18 Å². The summed E-state index contributed by atoms with van der Waals surface area (Å²) in [5, 5.41) is 0. The minimum atomic E-state index is -4.63. The lowest BCUT2D eigenvalue weighted by molar-refractivity contribution is -0.153. The molecule has 0 bridgehead atoms. The largest absolute Gasteiger partial charge is 0.456 e. The average molecular weight is 482 g/mol. The zero-order valence-corrected chi connectivity index (χ0v) is 18.1. The fraction of sp³-hybridized carbons (Fsp3) is 0.120. The topological polar surface area (TPSA) is 89.8 Å². The standard InChI is InChI=1S/C25H18F4N4O2/c26-22-16(7-4-8-17(22)30)20-13-33-23(18(31-20)11-14-5-2-1-3-6-14)32-19(24(33)34)12-15-9-10-21(35-15)25(27,28)29/h1-10,13,31H,11-12,30H2. The van der Waals surface area contributed by atoms with Crippen LogP contribution in [-0.2, 0) is 19.0 Å². The number of anilines is 1. The summed E-state index contributed by atoms with van der Waals surface area (Å²) < 4.78 is 59.6. The lowest BCUT2D eigenvalue weighted by Crippen LogP contribution is -2.18. The number of imidazole rings is 1. The van der Waals surface area contributed by atoms with E-state index in [-0.39, 0.29) is 34.9 Å². The number of hydrogen-bond acceptors (Lipinski definition) is 4. The molecule has 0 spiro atoms. The van der Waals surface area contributed by atoms with Crippen molar-refractivity contribution in [3.63, 3.8) is 0 Å². The molecule has 0 amide bonds. The molecule has 3 N–H and O–H groups in total. The summed E-state index contributed by atoms with van der Waals surface area (Å²) in [4.78, 5) is 20.7. The van der Waals surface area contributed by atoms with Crippen molar-refractivity contribution in [2.75, 3.05) is 5.73 Å². The number of nitrogens with one attached hydrogen (secondary N) is 1. The van der Waals surface area contributed by atoms with Crippen LogP contribution in [0.2, 0.25) is 0 Å². The molecule has 3 aromatic rings. The first-order valence-electron chi connectivity index (χ1n) is 10.6. The van der Waals surface area contributed by atoms with Gasteiger partial charge in [0.1, 0.15) is 11.5 Å². The van der Waals surface area contributed by atoms with Crippen LogP contribution in [0.1, 0.15) is 28.5 Å². The molecule has 2 aliphatic heterocycles. The summed E-state index contributed by atoms with van der Waals surface area (Å²) in [6, 6.07) is 15.9. The van der Waals surface area contributed by atoms with Crippen molar-refractivity contribution in [3.05, 3.63) is 112 Å². The molecule has 2 aliphatic rings. The van der Waals surface area contributed by atoms with E-state index in [9.17, 15) is 22.4 Å². The molecule has 5 rings (SSSR count). The van der Waals surface area contributed by atoms with Crippen molar-refractivity contribution < 1.29 is 22.0 Å². The molecule has 0 radical (unpaired) electrons. The number of fused-ring (bicyclic) bond motifs is 1. The van der Waals surface area contributed by atoms with E-state index in [1.807, 2.05) is 30.3 Å². The van der Waals surface area contributed by atoms with Crippen molar-refractivity contribution in [2.45, 2.75) is 19.0 Å². The SMILES string of the molecule is Nc1cccc(-c2cn3c(=O)c(Cc4ccc(C(F)(F)F)o4)nc-3c(Cc3ccccc3)[nH]2)c1F. The molecule has 35 heavy (non-hydrogen) atoms. The normalized spacial score (nSPS) is 11.9. The highest BCUT2D eigenvalue weighted by molar-refractivity contribution is 5.66. The summed E-state index contributed by atoms with van der Waals surface area (Å²) >= 11 is 0. The number of hydrogen-bond donors (Lipinski definition) is 2. The van der Waals surface area contributed by atoms with Gasteiger partial charge in [-0.3, -0.25) is 9.36 Å². The van der Waals surface area contributed by atoms with E-state index in [1.54, 1.807) is 6.07 Å². The first kappa shape index (κ1) is 22.5. The molecule has 0 saturated carbocycles. The minimum Gasteiger partial charge on any atom is -0.456 e. The van der Waals surface area contributed by atoms with Gasteiger partial charge < -0.3 is 15.1 Å². The highest BCUT2D eigenvalue weighted by atomic mass is 19.4. The Labute approximate surface area is 196 Å². The molecule has 0 atom stereocenters. The van der Waals surface area contributed by atoms with Crippen LogP contribution in [0, 0.1) is 5.82 Å². The third kappa shape index (κ3) is 4.30. The molecular formula is C25H18F4N4O2. The van der Waals surface area contributed by atoms with Gasteiger partial charge in [0.2, 0.25) is 5.76 Å². The van der Waals surface area contributed by atoms with Crippen LogP contribution >= 0.6 is 0 Å². The Hall–Kier alpha value is -4.34. The Morgan fingerprint density at radius 2 is 1.77 bits per heavy atom. The van der Waals surface area contributed by atoms with Crippen LogP contribution in [0.4, 0.5) is 23.2 Å². The number of nitrogens with two attached hydrogens (primary N) is 1. The number of nitrogen functional groups attached to an aromatic ring is 1. The van der Waals surface area contributed by atoms with Gasteiger partial charge in [0, 0.05) is 18.2 Å². The number of aromatic nitrogens is 3. The molecular weight excluding hydrogens is 464 g/mol. The minimum absolute atomic E-state index is 0.000911. The van der Waals surface area contributed by atoms with Crippen molar-refractivity contribution in [1.82, 2.24) is 14.5 Å². The fourth-order valence-corrected chi connectivity index (χ4v) is 3.90. The second-order valence-corrected chi connectivity index (χ2v) is 8.02. The van der Waals surface area contributed by atoms with Crippen LogP contribution in [0.15, 0.2) is 76.1 Å². The Kier molecular flexibility index (Phi) is 5.43. The predicted molar refractivity (Wildman–Crippen MR) is 121 cm³/mol. The van der Waals surface area contributed by atoms with E-state index < -0.39 is 23.3 Å². The summed E-state index contributed by atoms with van der Waals surface area (Å²) in [7, 11) is 0. The van der Waals surface area contributed by atoms with E-state index in [0.717, 1.165) is 17.7 Å². The van der Waals surface area contributed by atoms with Crippen molar-refractivity contribution in [2.24, 2.45) is 0 Å². The molecule has 1 aromatic heterocycles. The average Bonchev–Trinajstić information content (AvgIpc) is 3.42. The maximum absolute atomic E-state index is 14.8. The van der Waals surface area contributed by atoms with Crippen LogP contribution in [-0.4, -0.2) is 14.5 Å². The Balaban J connectivity index is 1.64. The van der Waals surface area contributed by atoms with E-state index in [1.165, 1.54) is 22.9 Å². The number of H-pyrrole nitrogens is 1. The lowest BCUT2D eigenvalue weighted by Gasteiger charge is -2.14. The Morgan fingerprint density at radius 1 is 1.00 bits per heavy atom. The molecule has 0 aliphatic carbocycles. The van der Waals surface area contributed by atoms with Gasteiger partial charge in [-0.05, 0) is 29.8 Å². The van der Waals surface area contributed by atoms with E-state index in [2.05, 4.69) is 9.97 Å². The van der Waals surface area contributed by atoms with Crippen molar-refractivity contribution >= 4 is 5.69 Å². The zero-order chi connectivity index (χ0) is 24.7. The number of nitrogens with zero attached hydrogens (tertiary/aromatic N) is 2. The highest BCUT2D eigenvalue weighted by Gasteiger charge is 2.35. The van der Waals surface area contributed by atoms with Gasteiger partial charge in [0.05, 0.1) is 23.5 Å². The lowest BCUT2D eigenvalue weighted by atomic mass is 10.1. The number of alkyl halides is 3. The molecule has 0 unspecified atom stereocenters. The van der Waals surface area contributed by atoms with Crippen molar-refractivity contribution in [1.29, 1.82) is 0 Å². The molecule has 0 fully saturated rings. The molecule has 3 heterocycles. The fourth-order valence-electron chi connectivity index (χ4n) is 3.90. The smallest absolute Gasteiger partial charge is 0.449 e. The number of benzene rings is 2. The summed E-state index contributed by atoms with van der Waals surface area (Å²) in [6.45, 7) is 0. The second-order valence-electron chi connectivity index (χ2n) is 8.02. The maximum atomic E-state index is 14.8. The third-order valence-corrected chi connectivity index (χ3v) is 5.57. The van der Waals surface area contributed by atoms with Crippen LogP contribution in [0.25, 0.3) is 17.1 Å².